The molecule has 0 radical (unpaired) electrons. The number of aromatic amines is 1. The fourth-order valence-corrected chi connectivity index (χ4v) is 0.912. The molecule has 1 heterocycles. The van der Waals surface area contributed by atoms with Gasteiger partial charge in [-0.1, -0.05) is 0 Å². The van der Waals surface area contributed by atoms with Crippen LogP contribution in [-0.2, 0) is 11.2 Å². The lowest BCUT2D eigenvalue weighted by Gasteiger charge is -2.10. The van der Waals surface area contributed by atoms with E-state index in [1.165, 1.54) is 6.33 Å². The van der Waals surface area contributed by atoms with Crippen LogP contribution in [0.3, 0.4) is 0 Å². The van der Waals surface area contributed by atoms with Crippen LogP contribution in [0.1, 0.15) is 5.69 Å². The van der Waals surface area contributed by atoms with Crippen LogP contribution in [0.5, 0.6) is 0 Å². The van der Waals surface area contributed by atoms with Crippen molar-refractivity contribution in [1.82, 2.24) is 20.9 Å². The van der Waals surface area contributed by atoms with Crippen LogP contribution in [0.2, 0.25) is 0 Å². The van der Waals surface area contributed by atoms with E-state index in [9.17, 15) is 4.79 Å². The summed E-state index contributed by atoms with van der Waals surface area (Å²) in [5.74, 6) is 3.96. The zero-order valence-electron chi connectivity index (χ0n) is 6.82. The highest BCUT2D eigenvalue weighted by Gasteiger charge is 2.17. The van der Waals surface area contributed by atoms with Crippen LogP contribution in [0.4, 0.5) is 0 Å². The summed E-state index contributed by atoms with van der Waals surface area (Å²) in [4.78, 5) is 17.2. The second-order valence-electron chi connectivity index (χ2n) is 2.44. The van der Waals surface area contributed by atoms with E-state index in [2.05, 4.69) is 20.9 Å². The molecule has 0 aliphatic rings. The lowest BCUT2D eigenvalue weighted by atomic mass is 10.2. The third-order valence-electron chi connectivity index (χ3n) is 1.52. The first kappa shape index (κ1) is 9.65. The van der Waals surface area contributed by atoms with Crippen molar-refractivity contribution in [2.45, 2.75) is 12.5 Å². The molecule has 0 spiro atoms. The molecular formula is C6H11N5O2. The van der Waals surface area contributed by atoms with Crippen molar-refractivity contribution >= 4 is 5.97 Å². The van der Waals surface area contributed by atoms with Gasteiger partial charge in [-0.05, 0) is 0 Å². The summed E-state index contributed by atoms with van der Waals surface area (Å²) >= 11 is 0. The summed E-state index contributed by atoms with van der Waals surface area (Å²) in [7, 11) is 0. The second-order valence-corrected chi connectivity index (χ2v) is 2.44. The number of carboxylic acids is 1. The summed E-state index contributed by atoms with van der Waals surface area (Å²) in [5, 5.41) is 8.71. The Bertz CT molecular complexity index is 260. The van der Waals surface area contributed by atoms with Crippen LogP contribution in [0.25, 0.3) is 0 Å². The van der Waals surface area contributed by atoms with Crippen LogP contribution < -0.4 is 16.8 Å². The van der Waals surface area contributed by atoms with Crippen molar-refractivity contribution in [2.24, 2.45) is 5.84 Å². The molecule has 1 atom stereocenters. The minimum Gasteiger partial charge on any atom is -0.480 e. The molecule has 0 aliphatic heterocycles. The second kappa shape index (κ2) is 4.55. The highest BCUT2D eigenvalue weighted by Crippen LogP contribution is 1.97. The molecule has 0 unspecified atom stereocenters. The number of carboxylic acid groups (broad SMARTS) is 1. The zero-order valence-corrected chi connectivity index (χ0v) is 6.82. The molecule has 7 heteroatoms. The molecule has 0 saturated heterocycles. The first-order valence-corrected chi connectivity index (χ1v) is 3.65. The van der Waals surface area contributed by atoms with Gasteiger partial charge in [0.05, 0.1) is 12.0 Å². The van der Waals surface area contributed by atoms with Gasteiger partial charge in [0.25, 0.3) is 0 Å². The number of nitrogens with one attached hydrogen (secondary N) is 3. The van der Waals surface area contributed by atoms with Crippen LogP contribution >= 0.6 is 0 Å². The van der Waals surface area contributed by atoms with Gasteiger partial charge < -0.3 is 10.1 Å². The SMILES string of the molecule is NNN[C@@H](Cc1c[nH]cn1)C(=O)O. The number of hydrogen-bond donors (Lipinski definition) is 5. The Hall–Kier alpha value is -1.44. The maximum Gasteiger partial charge on any atom is 0.322 e. The largest absolute Gasteiger partial charge is 0.480 e. The van der Waals surface area contributed by atoms with Gasteiger partial charge in [0.15, 0.2) is 0 Å². The van der Waals surface area contributed by atoms with E-state index in [1.807, 2.05) is 0 Å². The molecule has 0 fully saturated rings. The number of hydrazine groups is 2. The van der Waals surface area contributed by atoms with Gasteiger partial charge in [-0.25, -0.2) is 10.4 Å². The van der Waals surface area contributed by atoms with Gasteiger partial charge in [0.1, 0.15) is 6.04 Å². The summed E-state index contributed by atoms with van der Waals surface area (Å²) < 4.78 is 0. The number of imidazole rings is 1. The van der Waals surface area contributed by atoms with Gasteiger partial charge in [-0.3, -0.25) is 10.6 Å². The number of H-pyrrole nitrogens is 1. The Morgan fingerprint density at radius 2 is 2.62 bits per heavy atom. The number of aromatic nitrogens is 2. The van der Waals surface area contributed by atoms with Crippen molar-refractivity contribution in [3.63, 3.8) is 0 Å². The van der Waals surface area contributed by atoms with E-state index in [0.717, 1.165) is 0 Å². The van der Waals surface area contributed by atoms with Gasteiger partial charge in [0, 0.05) is 12.6 Å². The van der Waals surface area contributed by atoms with Crippen molar-refractivity contribution in [3.05, 3.63) is 18.2 Å². The monoisotopic (exact) mass is 185 g/mol. The summed E-state index contributed by atoms with van der Waals surface area (Å²) in [6.45, 7) is 0. The lowest BCUT2D eigenvalue weighted by molar-refractivity contribution is -0.139. The molecule has 1 aromatic heterocycles. The normalized spacial score (nSPS) is 12.7. The van der Waals surface area contributed by atoms with Crippen molar-refractivity contribution in [2.75, 3.05) is 0 Å². The van der Waals surface area contributed by atoms with Gasteiger partial charge in [-0.2, -0.15) is 5.53 Å². The molecule has 1 aromatic rings. The molecule has 7 nitrogen and oxygen atoms in total. The van der Waals surface area contributed by atoms with E-state index in [0.29, 0.717) is 5.69 Å². The fourth-order valence-electron chi connectivity index (χ4n) is 0.912. The number of hydrogen-bond acceptors (Lipinski definition) is 5. The lowest BCUT2D eigenvalue weighted by Crippen LogP contribution is -2.49. The van der Waals surface area contributed by atoms with Crippen molar-refractivity contribution in [3.8, 4) is 0 Å². The van der Waals surface area contributed by atoms with Crippen LogP contribution in [-0.4, -0.2) is 27.1 Å². The summed E-state index contributed by atoms with van der Waals surface area (Å²) in [6, 6.07) is -0.784. The first-order valence-electron chi connectivity index (χ1n) is 3.65. The van der Waals surface area contributed by atoms with Crippen molar-refractivity contribution in [1.29, 1.82) is 0 Å². The van der Waals surface area contributed by atoms with Gasteiger partial charge in [-0.15, -0.1) is 0 Å². The molecule has 13 heavy (non-hydrogen) atoms. The Balaban J connectivity index is 2.52. The number of carbonyl (C=O) groups is 1. The molecule has 0 bridgehead atoms. The standard InChI is InChI=1S/C6H11N5O2/c7-11-10-5(6(12)13)1-4-2-8-3-9-4/h2-3,5,10-11H,1,7H2,(H,8,9)(H,12,13)/t5-/m0/s1. The molecule has 6 N–H and O–H groups in total. The minimum absolute atomic E-state index is 0.267. The first-order chi connectivity index (χ1) is 6.24. The van der Waals surface area contributed by atoms with Gasteiger partial charge >= 0.3 is 5.97 Å². The Kier molecular flexibility index (Phi) is 3.38. The molecule has 1 rings (SSSR count). The summed E-state index contributed by atoms with van der Waals surface area (Å²) in [5.41, 5.74) is 5.15. The Morgan fingerprint density at radius 3 is 3.08 bits per heavy atom. The number of nitrogens with two attached hydrogens (primary N) is 1. The predicted octanol–water partition coefficient (Wildman–Crippen LogP) is -1.63. The summed E-state index contributed by atoms with van der Waals surface area (Å²) in [6.07, 6.45) is 3.39. The third kappa shape index (κ3) is 2.82. The third-order valence-corrected chi connectivity index (χ3v) is 1.52. The number of nitrogens with zero attached hydrogens (tertiary/aromatic N) is 1. The number of rotatable bonds is 5. The molecule has 0 aromatic carbocycles. The maximum absolute atomic E-state index is 10.6. The smallest absolute Gasteiger partial charge is 0.322 e. The van der Waals surface area contributed by atoms with E-state index >= 15 is 0 Å². The number of aliphatic carboxylic acids is 1. The van der Waals surface area contributed by atoms with E-state index < -0.39 is 12.0 Å². The van der Waals surface area contributed by atoms with Crippen LogP contribution in [0.15, 0.2) is 12.5 Å². The average molecular weight is 185 g/mol. The quantitative estimate of drug-likeness (QED) is 0.278. The average Bonchev–Trinajstić information content (AvgIpc) is 2.56. The van der Waals surface area contributed by atoms with Crippen molar-refractivity contribution < 1.29 is 9.90 Å². The Morgan fingerprint density at radius 1 is 1.85 bits per heavy atom. The fraction of sp³-hybridized carbons (Fsp3) is 0.333. The molecular weight excluding hydrogens is 174 g/mol. The highest BCUT2D eigenvalue weighted by molar-refractivity contribution is 5.73. The highest BCUT2D eigenvalue weighted by atomic mass is 16.4. The molecule has 0 aliphatic carbocycles. The van der Waals surface area contributed by atoms with Gasteiger partial charge in [0.2, 0.25) is 0 Å². The predicted molar refractivity (Wildman–Crippen MR) is 44.2 cm³/mol. The van der Waals surface area contributed by atoms with E-state index in [-0.39, 0.29) is 6.42 Å². The van der Waals surface area contributed by atoms with Crippen LogP contribution in [0, 0.1) is 0 Å². The molecule has 0 amide bonds. The maximum atomic E-state index is 10.6. The zero-order chi connectivity index (χ0) is 9.68. The molecule has 0 saturated carbocycles. The van der Waals surface area contributed by atoms with E-state index in [1.54, 1.807) is 6.20 Å². The molecule has 72 valence electrons. The van der Waals surface area contributed by atoms with E-state index in [4.69, 9.17) is 10.9 Å². The minimum atomic E-state index is -0.985. The Labute approximate surface area is 74.3 Å². The topological polar surface area (TPSA) is 116 Å².